The minimum absolute atomic E-state index is 0.728. The molecule has 0 unspecified atom stereocenters. The average molecular weight is 355 g/mol. The minimum atomic E-state index is 0.728. The average Bonchev–Trinajstić information content (AvgIpc) is 2.68. The van der Waals surface area contributed by atoms with E-state index in [0.717, 1.165) is 50.9 Å². The van der Waals surface area contributed by atoms with Crippen molar-refractivity contribution in [3.63, 3.8) is 0 Å². The van der Waals surface area contributed by atoms with Gasteiger partial charge in [-0.25, -0.2) is 0 Å². The van der Waals surface area contributed by atoms with Gasteiger partial charge < -0.3 is 15.1 Å². The quantitative estimate of drug-likeness (QED) is 0.769. The van der Waals surface area contributed by atoms with Crippen LogP contribution in [0.3, 0.4) is 0 Å². The molecule has 0 bridgehead atoms. The van der Waals surface area contributed by atoms with E-state index in [4.69, 9.17) is 0 Å². The van der Waals surface area contributed by atoms with Crippen molar-refractivity contribution in [1.82, 2.24) is 15.2 Å². The smallest absolute Gasteiger partial charge is 0.247 e. The van der Waals surface area contributed by atoms with Crippen LogP contribution in [-0.4, -0.2) is 47.9 Å². The van der Waals surface area contributed by atoms with E-state index in [1.807, 2.05) is 0 Å². The third kappa shape index (κ3) is 4.42. The molecule has 0 saturated carbocycles. The number of benzene rings is 1. The fourth-order valence-corrected chi connectivity index (χ4v) is 3.33. The van der Waals surface area contributed by atoms with Crippen LogP contribution in [0.2, 0.25) is 0 Å². The molecule has 2 heterocycles. The van der Waals surface area contributed by atoms with Gasteiger partial charge in [-0.1, -0.05) is 31.9 Å². The highest BCUT2D eigenvalue weighted by Crippen LogP contribution is 2.24. The van der Waals surface area contributed by atoms with Gasteiger partial charge in [-0.15, -0.1) is 5.10 Å². The number of nitrogens with zero attached hydrogens (tertiary/aromatic N) is 5. The molecule has 1 aliphatic heterocycles. The molecule has 1 aromatic carbocycles. The summed E-state index contributed by atoms with van der Waals surface area (Å²) in [5, 5.41) is 11.7. The number of rotatable bonds is 7. The molecular formula is C20H30N6. The van der Waals surface area contributed by atoms with Crippen molar-refractivity contribution in [2.24, 2.45) is 0 Å². The SMILES string of the molecule is CCCCCNc1cnnc(N2CCN(c3cccc(C)c3C)CC2)n1. The summed E-state index contributed by atoms with van der Waals surface area (Å²) in [6.45, 7) is 11.3. The second-order valence-corrected chi connectivity index (χ2v) is 6.97. The molecule has 0 aliphatic carbocycles. The summed E-state index contributed by atoms with van der Waals surface area (Å²) in [6, 6.07) is 6.54. The van der Waals surface area contributed by atoms with E-state index < -0.39 is 0 Å². The maximum atomic E-state index is 4.65. The number of unbranched alkanes of at least 4 members (excludes halogenated alkanes) is 2. The predicted octanol–water partition coefficient (Wildman–Crippen LogP) is 3.42. The van der Waals surface area contributed by atoms with Gasteiger partial charge in [0.05, 0.1) is 6.20 Å². The van der Waals surface area contributed by atoms with Gasteiger partial charge in [0, 0.05) is 38.4 Å². The van der Waals surface area contributed by atoms with E-state index in [-0.39, 0.29) is 0 Å². The highest BCUT2D eigenvalue weighted by Gasteiger charge is 2.21. The lowest BCUT2D eigenvalue weighted by atomic mass is 10.1. The van der Waals surface area contributed by atoms with Gasteiger partial charge >= 0.3 is 0 Å². The van der Waals surface area contributed by atoms with E-state index in [9.17, 15) is 0 Å². The third-order valence-electron chi connectivity index (χ3n) is 5.11. The standard InChI is InChI=1S/C20H30N6/c1-4-5-6-10-21-19-15-22-24-20(23-19)26-13-11-25(12-14-26)18-9-7-8-16(2)17(18)3/h7-9,15H,4-6,10-14H2,1-3H3,(H,21,23,24). The molecule has 1 fully saturated rings. The zero-order chi connectivity index (χ0) is 18.4. The first-order valence-electron chi connectivity index (χ1n) is 9.68. The molecule has 0 atom stereocenters. The van der Waals surface area contributed by atoms with Crippen molar-refractivity contribution in [1.29, 1.82) is 0 Å². The Balaban J connectivity index is 1.58. The molecule has 2 aromatic rings. The fourth-order valence-electron chi connectivity index (χ4n) is 3.33. The van der Waals surface area contributed by atoms with Crippen LogP contribution in [0.4, 0.5) is 17.5 Å². The third-order valence-corrected chi connectivity index (χ3v) is 5.11. The van der Waals surface area contributed by atoms with E-state index >= 15 is 0 Å². The summed E-state index contributed by atoms with van der Waals surface area (Å²) in [5.74, 6) is 1.55. The lowest BCUT2D eigenvalue weighted by Crippen LogP contribution is -2.47. The van der Waals surface area contributed by atoms with Gasteiger partial charge in [-0.05, 0) is 37.5 Å². The number of aromatic nitrogens is 3. The van der Waals surface area contributed by atoms with E-state index in [2.05, 4.69) is 69.3 Å². The molecule has 0 spiro atoms. The molecule has 1 aromatic heterocycles. The van der Waals surface area contributed by atoms with Crippen LogP contribution in [0.5, 0.6) is 0 Å². The maximum absolute atomic E-state index is 4.65. The zero-order valence-corrected chi connectivity index (χ0v) is 16.2. The van der Waals surface area contributed by atoms with Gasteiger partial charge in [0.1, 0.15) is 0 Å². The van der Waals surface area contributed by atoms with Crippen LogP contribution in [0.25, 0.3) is 0 Å². The fraction of sp³-hybridized carbons (Fsp3) is 0.550. The van der Waals surface area contributed by atoms with Crippen molar-refractivity contribution in [2.45, 2.75) is 40.0 Å². The predicted molar refractivity (Wildman–Crippen MR) is 108 cm³/mol. The topological polar surface area (TPSA) is 57.2 Å². The Morgan fingerprint density at radius 3 is 2.58 bits per heavy atom. The number of hydrogen-bond acceptors (Lipinski definition) is 6. The first-order chi connectivity index (χ1) is 12.7. The van der Waals surface area contributed by atoms with Crippen molar-refractivity contribution in [3.8, 4) is 0 Å². The van der Waals surface area contributed by atoms with E-state index in [1.54, 1.807) is 6.20 Å². The Hall–Kier alpha value is -2.37. The summed E-state index contributed by atoms with van der Waals surface area (Å²) >= 11 is 0. The molecule has 1 N–H and O–H groups in total. The van der Waals surface area contributed by atoms with Gasteiger partial charge in [-0.3, -0.25) is 0 Å². The second-order valence-electron chi connectivity index (χ2n) is 6.97. The largest absolute Gasteiger partial charge is 0.369 e. The summed E-state index contributed by atoms with van der Waals surface area (Å²) in [7, 11) is 0. The van der Waals surface area contributed by atoms with Gasteiger partial charge in [-0.2, -0.15) is 10.1 Å². The Morgan fingerprint density at radius 2 is 1.81 bits per heavy atom. The molecule has 140 valence electrons. The molecule has 3 rings (SSSR count). The summed E-state index contributed by atoms with van der Waals surface area (Å²) in [4.78, 5) is 9.33. The molecule has 6 heteroatoms. The van der Waals surface area contributed by atoms with Crippen LogP contribution in [0.1, 0.15) is 37.3 Å². The molecule has 1 saturated heterocycles. The number of anilines is 3. The molecule has 26 heavy (non-hydrogen) atoms. The normalized spacial score (nSPS) is 14.6. The molecule has 0 radical (unpaired) electrons. The lowest BCUT2D eigenvalue weighted by Gasteiger charge is -2.36. The highest BCUT2D eigenvalue weighted by atomic mass is 15.4. The Labute approximate surface area is 156 Å². The Bertz CT molecular complexity index is 709. The summed E-state index contributed by atoms with van der Waals surface area (Å²) in [6.07, 6.45) is 5.32. The first-order valence-corrected chi connectivity index (χ1v) is 9.68. The number of hydrogen-bond donors (Lipinski definition) is 1. The van der Waals surface area contributed by atoms with Gasteiger partial charge in [0.2, 0.25) is 5.95 Å². The first kappa shape index (κ1) is 18.4. The Morgan fingerprint density at radius 1 is 1.04 bits per heavy atom. The van der Waals surface area contributed by atoms with Crippen molar-refractivity contribution in [2.75, 3.05) is 47.8 Å². The van der Waals surface area contributed by atoms with Crippen LogP contribution in [-0.2, 0) is 0 Å². The summed E-state index contributed by atoms with van der Waals surface area (Å²) < 4.78 is 0. The van der Waals surface area contributed by atoms with Crippen LogP contribution >= 0.6 is 0 Å². The second kappa shape index (κ2) is 8.83. The lowest BCUT2D eigenvalue weighted by molar-refractivity contribution is 0.633. The number of aryl methyl sites for hydroxylation is 1. The highest BCUT2D eigenvalue weighted by molar-refractivity contribution is 5.57. The van der Waals surface area contributed by atoms with Crippen molar-refractivity contribution in [3.05, 3.63) is 35.5 Å². The van der Waals surface area contributed by atoms with Gasteiger partial charge in [0.15, 0.2) is 5.82 Å². The van der Waals surface area contributed by atoms with Crippen molar-refractivity contribution < 1.29 is 0 Å². The van der Waals surface area contributed by atoms with Crippen LogP contribution in [0.15, 0.2) is 24.4 Å². The Kier molecular flexibility index (Phi) is 6.26. The van der Waals surface area contributed by atoms with E-state index in [1.165, 1.54) is 29.7 Å². The number of nitrogens with one attached hydrogen (secondary N) is 1. The summed E-state index contributed by atoms with van der Waals surface area (Å²) in [5.41, 5.74) is 4.06. The van der Waals surface area contributed by atoms with Crippen molar-refractivity contribution >= 4 is 17.5 Å². The molecule has 6 nitrogen and oxygen atoms in total. The number of piperazine rings is 1. The zero-order valence-electron chi connectivity index (χ0n) is 16.2. The maximum Gasteiger partial charge on any atom is 0.247 e. The van der Waals surface area contributed by atoms with Crippen LogP contribution in [0, 0.1) is 13.8 Å². The molecule has 0 amide bonds. The monoisotopic (exact) mass is 354 g/mol. The van der Waals surface area contributed by atoms with E-state index in [0.29, 0.717) is 0 Å². The minimum Gasteiger partial charge on any atom is -0.369 e. The van der Waals surface area contributed by atoms with Gasteiger partial charge in [0.25, 0.3) is 0 Å². The molecule has 1 aliphatic rings. The molecular weight excluding hydrogens is 324 g/mol. The van der Waals surface area contributed by atoms with Crippen LogP contribution < -0.4 is 15.1 Å².